The number of ether oxygens (including phenoxy) is 1. The van der Waals surface area contributed by atoms with Crippen molar-refractivity contribution in [3.63, 3.8) is 0 Å². The normalized spacial score (nSPS) is 10.3. The van der Waals surface area contributed by atoms with Crippen LogP contribution in [0.4, 0.5) is 5.13 Å². The average molecular weight is 290 g/mol. The molecule has 2 rings (SSSR count). The Morgan fingerprint density at radius 1 is 1.35 bits per heavy atom. The summed E-state index contributed by atoms with van der Waals surface area (Å²) in [6.07, 6.45) is 2.92. The molecule has 1 aromatic heterocycles. The van der Waals surface area contributed by atoms with Crippen LogP contribution in [-0.4, -0.2) is 17.5 Å². The smallest absolute Gasteiger partial charge is 0.226 e. The quantitative estimate of drug-likeness (QED) is 0.887. The predicted molar refractivity (Wildman–Crippen MR) is 81.4 cm³/mol. The molecule has 0 saturated heterocycles. The third-order valence-corrected chi connectivity index (χ3v) is 3.57. The number of nitrogens with zero attached hydrogens (tertiary/aromatic N) is 1. The molecule has 0 saturated carbocycles. The molecule has 0 fully saturated rings. The molecular formula is C15H18N2O2S. The molecule has 0 unspecified atom stereocenters. The van der Waals surface area contributed by atoms with Gasteiger partial charge in [-0.15, -0.1) is 11.3 Å². The third kappa shape index (κ3) is 4.35. The van der Waals surface area contributed by atoms with Gasteiger partial charge in [-0.25, -0.2) is 4.98 Å². The van der Waals surface area contributed by atoms with Gasteiger partial charge in [0, 0.05) is 17.5 Å². The number of aryl methyl sites for hydroxylation is 2. The van der Waals surface area contributed by atoms with Crippen LogP contribution in [0.5, 0.6) is 5.75 Å². The van der Waals surface area contributed by atoms with Crippen molar-refractivity contribution < 1.29 is 9.53 Å². The van der Waals surface area contributed by atoms with E-state index in [0.29, 0.717) is 24.6 Å². The van der Waals surface area contributed by atoms with Crippen LogP contribution in [0.1, 0.15) is 23.8 Å². The van der Waals surface area contributed by atoms with Crippen molar-refractivity contribution in [2.75, 3.05) is 11.9 Å². The van der Waals surface area contributed by atoms with Gasteiger partial charge in [0.15, 0.2) is 5.13 Å². The summed E-state index contributed by atoms with van der Waals surface area (Å²) in [5, 5.41) is 3.47. The highest BCUT2D eigenvalue weighted by Gasteiger charge is 2.06. The number of rotatable bonds is 6. The Morgan fingerprint density at radius 3 is 2.70 bits per heavy atom. The molecule has 0 aliphatic carbocycles. The molecule has 4 nitrogen and oxygen atoms in total. The Hall–Kier alpha value is -1.88. The molecular weight excluding hydrogens is 272 g/mol. The second-order valence-electron chi connectivity index (χ2n) is 4.40. The van der Waals surface area contributed by atoms with E-state index in [2.05, 4.69) is 10.3 Å². The van der Waals surface area contributed by atoms with Crippen molar-refractivity contribution in [3.05, 3.63) is 40.9 Å². The lowest BCUT2D eigenvalue weighted by Gasteiger charge is -2.05. The van der Waals surface area contributed by atoms with Gasteiger partial charge in [0.2, 0.25) is 5.91 Å². The summed E-state index contributed by atoms with van der Waals surface area (Å²) in [5.74, 6) is 0.854. The largest absolute Gasteiger partial charge is 0.494 e. The molecule has 1 aromatic carbocycles. The van der Waals surface area contributed by atoms with Crippen LogP contribution in [0.2, 0.25) is 0 Å². The third-order valence-electron chi connectivity index (χ3n) is 2.74. The zero-order valence-corrected chi connectivity index (χ0v) is 12.5. The van der Waals surface area contributed by atoms with Gasteiger partial charge >= 0.3 is 0 Å². The van der Waals surface area contributed by atoms with Crippen molar-refractivity contribution in [2.45, 2.75) is 26.7 Å². The van der Waals surface area contributed by atoms with Crippen molar-refractivity contribution in [2.24, 2.45) is 0 Å². The first-order chi connectivity index (χ1) is 9.67. The summed E-state index contributed by atoms with van der Waals surface area (Å²) in [7, 11) is 0. The number of anilines is 1. The molecule has 0 radical (unpaired) electrons. The van der Waals surface area contributed by atoms with Gasteiger partial charge in [-0.3, -0.25) is 4.79 Å². The minimum absolute atomic E-state index is 0.00626. The van der Waals surface area contributed by atoms with Crippen LogP contribution in [0.3, 0.4) is 0 Å². The van der Waals surface area contributed by atoms with Crippen LogP contribution >= 0.6 is 11.3 Å². The van der Waals surface area contributed by atoms with Crippen molar-refractivity contribution in [1.29, 1.82) is 0 Å². The van der Waals surface area contributed by atoms with Gasteiger partial charge in [0.05, 0.1) is 6.61 Å². The zero-order valence-electron chi connectivity index (χ0n) is 11.7. The van der Waals surface area contributed by atoms with E-state index in [9.17, 15) is 4.79 Å². The number of hydrogen-bond donors (Lipinski definition) is 1. The highest BCUT2D eigenvalue weighted by atomic mass is 32.1. The van der Waals surface area contributed by atoms with E-state index in [-0.39, 0.29) is 5.91 Å². The number of hydrogen-bond acceptors (Lipinski definition) is 4. The Balaban J connectivity index is 1.80. The van der Waals surface area contributed by atoms with E-state index in [1.165, 1.54) is 11.3 Å². The molecule has 0 atom stereocenters. The first-order valence-electron chi connectivity index (χ1n) is 6.61. The molecule has 0 bridgehead atoms. The van der Waals surface area contributed by atoms with E-state index >= 15 is 0 Å². The Labute approximate surface area is 122 Å². The molecule has 106 valence electrons. The van der Waals surface area contributed by atoms with Crippen molar-refractivity contribution >= 4 is 22.4 Å². The van der Waals surface area contributed by atoms with Gasteiger partial charge in [0.25, 0.3) is 0 Å². The highest BCUT2D eigenvalue weighted by Crippen LogP contribution is 2.17. The van der Waals surface area contributed by atoms with Crippen LogP contribution < -0.4 is 10.1 Å². The zero-order chi connectivity index (χ0) is 14.4. The second kappa shape index (κ2) is 7.05. The van der Waals surface area contributed by atoms with E-state index in [1.54, 1.807) is 6.20 Å². The number of benzene rings is 1. The Morgan fingerprint density at radius 2 is 2.10 bits per heavy atom. The van der Waals surface area contributed by atoms with E-state index in [0.717, 1.165) is 16.2 Å². The Bertz CT molecular complexity index is 564. The van der Waals surface area contributed by atoms with Gasteiger partial charge in [0.1, 0.15) is 5.75 Å². The lowest BCUT2D eigenvalue weighted by molar-refractivity contribution is -0.116. The summed E-state index contributed by atoms with van der Waals surface area (Å²) < 4.78 is 5.38. The fourth-order valence-corrected chi connectivity index (χ4v) is 2.45. The lowest BCUT2D eigenvalue weighted by Crippen LogP contribution is -2.11. The first-order valence-corrected chi connectivity index (χ1v) is 7.43. The number of nitrogens with one attached hydrogen (secondary N) is 1. The maximum absolute atomic E-state index is 11.8. The van der Waals surface area contributed by atoms with E-state index in [4.69, 9.17) is 4.74 Å². The van der Waals surface area contributed by atoms with Gasteiger partial charge in [-0.1, -0.05) is 12.1 Å². The SMILES string of the molecule is CCOc1ccc(CCC(=O)Nc2ncc(C)s2)cc1. The van der Waals surface area contributed by atoms with E-state index in [1.807, 2.05) is 38.1 Å². The fraction of sp³-hybridized carbons (Fsp3) is 0.333. The first kappa shape index (κ1) is 14.5. The molecule has 0 spiro atoms. The maximum Gasteiger partial charge on any atom is 0.226 e. The number of thiazole rings is 1. The number of aromatic nitrogens is 1. The van der Waals surface area contributed by atoms with Crippen LogP contribution in [0, 0.1) is 6.92 Å². The molecule has 1 heterocycles. The average Bonchev–Trinajstić information content (AvgIpc) is 2.84. The molecule has 1 N–H and O–H groups in total. The number of carbonyl (C=O) groups excluding carboxylic acids is 1. The molecule has 0 aliphatic heterocycles. The summed E-state index contributed by atoms with van der Waals surface area (Å²) in [6.45, 7) is 4.58. The summed E-state index contributed by atoms with van der Waals surface area (Å²) in [4.78, 5) is 17.0. The minimum Gasteiger partial charge on any atom is -0.494 e. The molecule has 0 aliphatic rings. The minimum atomic E-state index is -0.00626. The Kier molecular flexibility index (Phi) is 5.12. The number of carbonyl (C=O) groups is 1. The summed E-state index contributed by atoms with van der Waals surface area (Å²) >= 11 is 1.49. The topological polar surface area (TPSA) is 51.2 Å². The molecule has 20 heavy (non-hydrogen) atoms. The molecule has 1 amide bonds. The predicted octanol–water partition coefficient (Wildman–Crippen LogP) is 3.42. The standard InChI is InChI=1S/C15H18N2O2S/c1-3-19-13-7-4-12(5-8-13)6-9-14(18)17-15-16-10-11(2)20-15/h4-5,7-8,10H,3,6,9H2,1-2H3,(H,16,17,18). The van der Waals surface area contributed by atoms with Gasteiger partial charge < -0.3 is 10.1 Å². The fourth-order valence-electron chi connectivity index (χ4n) is 1.77. The summed E-state index contributed by atoms with van der Waals surface area (Å²) in [5.41, 5.74) is 1.12. The van der Waals surface area contributed by atoms with Gasteiger partial charge in [-0.2, -0.15) is 0 Å². The van der Waals surface area contributed by atoms with Crippen LogP contribution in [0.15, 0.2) is 30.5 Å². The maximum atomic E-state index is 11.8. The number of amides is 1. The second-order valence-corrected chi connectivity index (χ2v) is 5.64. The van der Waals surface area contributed by atoms with Crippen LogP contribution in [-0.2, 0) is 11.2 Å². The molecule has 5 heteroatoms. The van der Waals surface area contributed by atoms with Crippen LogP contribution in [0.25, 0.3) is 0 Å². The highest BCUT2D eigenvalue weighted by molar-refractivity contribution is 7.15. The van der Waals surface area contributed by atoms with E-state index < -0.39 is 0 Å². The molecule has 2 aromatic rings. The van der Waals surface area contributed by atoms with Crippen molar-refractivity contribution in [3.8, 4) is 5.75 Å². The monoisotopic (exact) mass is 290 g/mol. The van der Waals surface area contributed by atoms with Gasteiger partial charge in [-0.05, 0) is 38.0 Å². The van der Waals surface area contributed by atoms with Crippen molar-refractivity contribution in [1.82, 2.24) is 4.98 Å². The summed E-state index contributed by atoms with van der Waals surface area (Å²) in [6, 6.07) is 7.85. The lowest BCUT2D eigenvalue weighted by atomic mass is 10.1.